The second-order valence-corrected chi connectivity index (χ2v) is 4.09. The lowest BCUT2D eigenvalue weighted by Gasteiger charge is -2.11. The minimum absolute atomic E-state index is 0.270. The van der Waals surface area contributed by atoms with Crippen molar-refractivity contribution in [3.8, 4) is 0 Å². The van der Waals surface area contributed by atoms with Crippen molar-refractivity contribution in [1.82, 2.24) is 0 Å². The standard InChI is InChI=1S/C11H9IN2O2/c12-6-10-9(7-15)11(16)14(13-10)8-4-2-1-3-5-8/h1-5,7,9H,6H2. The van der Waals surface area contributed by atoms with Crippen molar-refractivity contribution in [3.63, 3.8) is 0 Å². The van der Waals surface area contributed by atoms with Gasteiger partial charge in [-0.15, -0.1) is 0 Å². The molecule has 82 valence electrons. The zero-order chi connectivity index (χ0) is 11.5. The molecule has 0 saturated heterocycles. The second kappa shape index (κ2) is 4.73. The average Bonchev–Trinajstić information content (AvgIpc) is 2.66. The van der Waals surface area contributed by atoms with Crippen molar-refractivity contribution in [2.75, 3.05) is 9.44 Å². The van der Waals surface area contributed by atoms with Gasteiger partial charge in [-0.3, -0.25) is 4.79 Å². The third-order valence-electron chi connectivity index (χ3n) is 2.34. The predicted octanol–water partition coefficient (Wildman–Crippen LogP) is 1.64. The summed E-state index contributed by atoms with van der Waals surface area (Å²) in [4.78, 5) is 22.7. The molecule has 0 bridgehead atoms. The van der Waals surface area contributed by atoms with Gasteiger partial charge >= 0.3 is 0 Å². The molecule has 5 heteroatoms. The average molecular weight is 328 g/mol. The lowest BCUT2D eigenvalue weighted by molar-refractivity contribution is -0.123. The largest absolute Gasteiger partial charge is 0.302 e. The van der Waals surface area contributed by atoms with Crippen molar-refractivity contribution < 1.29 is 9.59 Å². The van der Waals surface area contributed by atoms with Gasteiger partial charge in [-0.25, -0.2) is 0 Å². The Labute approximate surface area is 106 Å². The highest BCUT2D eigenvalue weighted by Crippen LogP contribution is 2.23. The second-order valence-electron chi connectivity index (χ2n) is 3.32. The van der Waals surface area contributed by atoms with E-state index in [9.17, 15) is 9.59 Å². The van der Waals surface area contributed by atoms with Crippen LogP contribution in [0.15, 0.2) is 35.4 Å². The molecule has 1 aromatic carbocycles. The van der Waals surface area contributed by atoms with Crippen molar-refractivity contribution in [2.45, 2.75) is 0 Å². The quantitative estimate of drug-likeness (QED) is 0.367. The van der Waals surface area contributed by atoms with Crippen LogP contribution in [0.1, 0.15) is 0 Å². The van der Waals surface area contributed by atoms with E-state index in [0.29, 0.717) is 22.1 Å². The number of aldehydes is 1. The number of rotatable bonds is 3. The monoisotopic (exact) mass is 328 g/mol. The Kier molecular flexibility index (Phi) is 3.33. The first-order valence-corrected chi connectivity index (χ1v) is 6.28. The summed E-state index contributed by atoms with van der Waals surface area (Å²) in [6.07, 6.45) is 0.656. The molecule has 0 fully saturated rings. The maximum Gasteiger partial charge on any atom is 0.263 e. The predicted molar refractivity (Wildman–Crippen MR) is 69.8 cm³/mol. The van der Waals surface area contributed by atoms with E-state index in [1.165, 1.54) is 5.01 Å². The van der Waals surface area contributed by atoms with Crippen LogP contribution in [-0.4, -0.2) is 22.3 Å². The molecule has 1 amide bonds. The lowest BCUT2D eigenvalue weighted by atomic mass is 10.1. The summed E-state index contributed by atoms with van der Waals surface area (Å²) in [5.74, 6) is -0.982. The number of anilines is 1. The molecule has 0 aliphatic carbocycles. The van der Waals surface area contributed by atoms with Gasteiger partial charge in [0.2, 0.25) is 0 Å². The summed E-state index contributed by atoms with van der Waals surface area (Å²) in [5, 5.41) is 5.47. The van der Waals surface area contributed by atoms with E-state index in [1.807, 2.05) is 18.2 Å². The SMILES string of the molecule is O=CC1C(=O)N(c2ccccc2)N=C1CI. The van der Waals surface area contributed by atoms with Crippen LogP contribution in [0.3, 0.4) is 0 Å². The van der Waals surface area contributed by atoms with Crippen LogP contribution >= 0.6 is 22.6 Å². The van der Waals surface area contributed by atoms with Crippen LogP contribution in [0.4, 0.5) is 5.69 Å². The van der Waals surface area contributed by atoms with Gasteiger partial charge in [0.25, 0.3) is 5.91 Å². The zero-order valence-electron chi connectivity index (χ0n) is 8.34. The number of nitrogens with zero attached hydrogens (tertiary/aromatic N) is 2. The molecule has 4 nitrogen and oxygen atoms in total. The molecular weight excluding hydrogens is 319 g/mol. The number of carbonyl (C=O) groups is 2. The number of para-hydroxylation sites is 1. The number of hydrogen-bond acceptors (Lipinski definition) is 3. The molecule has 1 unspecified atom stereocenters. The first kappa shape index (κ1) is 11.3. The van der Waals surface area contributed by atoms with Crippen LogP contribution in [-0.2, 0) is 9.59 Å². The summed E-state index contributed by atoms with van der Waals surface area (Å²) >= 11 is 2.10. The molecule has 2 rings (SSSR count). The topological polar surface area (TPSA) is 49.7 Å². The summed E-state index contributed by atoms with van der Waals surface area (Å²) in [6, 6.07) is 9.11. The fourth-order valence-electron chi connectivity index (χ4n) is 1.51. The van der Waals surface area contributed by atoms with Gasteiger partial charge in [0.05, 0.1) is 11.4 Å². The summed E-state index contributed by atoms with van der Waals surface area (Å²) in [6.45, 7) is 0. The van der Waals surface area contributed by atoms with E-state index in [0.717, 1.165) is 0 Å². The Hall–Kier alpha value is -1.24. The number of benzene rings is 1. The Bertz CT molecular complexity index is 445. The van der Waals surface area contributed by atoms with Gasteiger partial charge in [0.15, 0.2) is 0 Å². The van der Waals surface area contributed by atoms with E-state index < -0.39 is 5.92 Å². The molecule has 1 atom stereocenters. The third kappa shape index (κ3) is 1.87. The van der Waals surface area contributed by atoms with Crippen LogP contribution in [0.5, 0.6) is 0 Å². The smallest absolute Gasteiger partial charge is 0.263 e. The first-order chi connectivity index (χ1) is 7.77. The lowest BCUT2D eigenvalue weighted by Crippen LogP contribution is -2.28. The zero-order valence-corrected chi connectivity index (χ0v) is 10.5. The maximum absolute atomic E-state index is 11.9. The van der Waals surface area contributed by atoms with Gasteiger partial charge in [-0.1, -0.05) is 40.8 Å². The molecule has 0 spiro atoms. The van der Waals surface area contributed by atoms with Gasteiger partial charge < -0.3 is 4.79 Å². The minimum Gasteiger partial charge on any atom is -0.302 e. The maximum atomic E-state index is 11.9. The van der Waals surface area contributed by atoms with Crippen LogP contribution in [0, 0.1) is 5.92 Å². The number of alkyl halides is 1. The molecule has 0 saturated carbocycles. The number of halogens is 1. The molecule has 1 aliphatic rings. The third-order valence-corrected chi connectivity index (χ3v) is 3.12. The van der Waals surface area contributed by atoms with Gasteiger partial charge in [0, 0.05) is 4.43 Å². The highest BCUT2D eigenvalue weighted by molar-refractivity contribution is 14.1. The van der Waals surface area contributed by atoms with Crippen LogP contribution in [0.2, 0.25) is 0 Å². The molecule has 1 aromatic rings. The summed E-state index contributed by atoms with van der Waals surface area (Å²) in [7, 11) is 0. The van der Waals surface area contributed by atoms with E-state index >= 15 is 0 Å². The van der Waals surface area contributed by atoms with E-state index in [-0.39, 0.29) is 5.91 Å². The van der Waals surface area contributed by atoms with Gasteiger partial charge in [-0.05, 0) is 12.1 Å². The number of hydrazone groups is 1. The molecule has 0 aromatic heterocycles. The Balaban J connectivity index is 2.35. The van der Waals surface area contributed by atoms with Crippen LogP contribution in [0.25, 0.3) is 0 Å². The van der Waals surface area contributed by atoms with Crippen molar-refractivity contribution >= 4 is 46.2 Å². The molecular formula is C11H9IN2O2. The highest BCUT2D eigenvalue weighted by atomic mass is 127. The normalized spacial score (nSPS) is 19.8. The highest BCUT2D eigenvalue weighted by Gasteiger charge is 2.35. The fraction of sp³-hybridized carbons (Fsp3) is 0.182. The van der Waals surface area contributed by atoms with Crippen LogP contribution < -0.4 is 5.01 Å². The van der Waals surface area contributed by atoms with Crippen molar-refractivity contribution in [1.29, 1.82) is 0 Å². The molecule has 1 aliphatic heterocycles. The van der Waals surface area contributed by atoms with E-state index in [2.05, 4.69) is 27.7 Å². The Morgan fingerprint density at radius 3 is 2.56 bits per heavy atom. The number of hydrogen-bond donors (Lipinski definition) is 0. The Morgan fingerprint density at radius 2 is 2.06 bits per heavy atom. The molecule has 0 N–H and O–H groups in total. The Morgan fingerprint density at radius 1 is 1.38 bits per heavy atom. The summed E-state index contributed by atoms with van der Waals surface area (Å²) in [5.41, 5.74) is 1.31. The van der Waals surface area contributed by atoms with E-state index in [4.69, 9.17) is 0 Å². The molecule has 1 heterocycles. The van der Waals surface area contributed by atoms with Crippen molar-refractivity contribution in [3.05, 3.63) is 30.3 Å². The van der Waals surface area contributed by atoms with Gasteiger partial charge in [-0.2, -0.15) is 10.1 Å². The number of carbonyl (C=O) groups excluding carboxylic acids is 2. The molecule has 16 heavy (non-hydrogen) atoms. The van der Waals surface area contributed by atoms with Gasteiger partial charge in [0.1, 0.15) is 12.2 Å². The van der Waals surface area contributed by atoms with E-state index in [1.54, 1.807) is 12.1 Å². The minimum atomic E-state index is -0.711. The van der Waals surface area contributed by atoms with Crippen molar-refractivity contribution in [2.24, 2.45) is 11.0 Å². The fourth-order valence-corrected chi connectivity index (χ4v) is 2.14. The summed E-state index contributed by atoms with van der Waals surface area (Å²) < 4.78 is 0.580. The first-order valence-electron chi connectivity index (χ1n) is 4.75. The number of amides is 1. The molecule has 0 radical (unpaired) electrons.